The first kappa shape index (κ1) is 36.2. The molecule has 0 fully saturated rings. The van der Waals surface area contributed by atoms with Crippen LogP contribution in [0.1, 0.15) is 0 Å². The summed E-state index contributed by atoms with van der Waals surface area (Å²) in [6.07, 6.45) is 0. The molecule has 0 aliphatic carbocycles. The molecule has 5 nitrogen and oxygen atoms in total. The Labute approximate surface area is 357 Å². The van der Waals surface area contributed by atoms with Crippen molar-refractivity contribution in [1.29, 1.82) is 0 Å². The maximum Gasteiger partial charge on any atom is 0.164 e. The van der Waals surface area contributed by atoms with Gasteiger partial charge in [0.2, 0.25) is 0 Å². The van der Waals surface area contributed by atoms with Crippen LogP contribution in [0.15, 0.2) is 212 Å². The van der Waals surface area contributed by atoms with E-state index in [4.69, 9.17) is 24.9 Å². The molecule has 11 aromatic rings. The fraction of sp³-hybridized carbons (Fsp3) is 0. The SMILES string of the molecule is c1ccc(-c2nc(-c3ccccc3)nc(-c3cccc(-c4cccc(-c5cccc(-c6cccc(-c7nc(-c8ccccc8)nc8sc9ccccc9c78)c6)c5)c4)c3)n2)cc1. The van der Waals surface area contributed by atoms with Gasteiger partial charge in [0, 0.05) is 43.3 Å². The molecule has 0 aliphatic heterocycles. The number of thiophene rings is 1. The molecule has 8 aromatic carbocycles. The molecule has 0 amide bonds. The summed E-state index contributed by atoms with van der Waals surface area (Å²) in [6, 6.07) is 73.6. The van der Waals surface area contributed by atoms with E-state index in [2.05, 4.69) is 133 Å². The van der Waals surface area contributed by atoms with E-state index in [9.17, 15) is 0 Å². The lowest BCUT2D eigenvalue weighted by Crippen LogP contribution is -2.00. The molecule has 61 heavy (non-hydrogen) atoms. The fourth-order valence-electron chi connectivity index (χ4n) is 7.93. The van der Waals surface area contributed by atoms with Crippen LogP contribution >= 0.6 is 11.3 Å². The first-order chi connectivity index (χ1) is 30.2. The molecular weight excluding hydrogens is 763 g/mol. The zero-order valence-corrected chi connectivity index (χ0v) is 33.7. The maximum atomic E-state index is 5.25. The van der Waals surface area contributed by atoms with Gasteiger partial charge in [0.05, 0.1) is 5.69 Å². The van der Waals surface area contributed by atoms with Crippen molar-refractivity contribution in [1.82, 2.24) is 24.9 Å². The van der Waals surface area contributed by atoms with Crippen molar-refractivity contribution < 1.29 is 0 Å². The lowest BCUT2D eigenvalue weighted by molar-refractivity contribution is 1.07. The van der Waals surface area contributed by atoms with Crippen LogP contribution < -0.4 is 0 Å². The molecule has 3 heterocycles. The van der Waals surface area contributed by atoms with Crippen molar-refractivity contribution in [3.8, 4) is 90.2 Å². The topological polar surface area (TPSA) is 64.5 Å². The van der Waals surface area contributed by atoms with Crippen LogP contribution in [-0.4, -0.2) is 24.9 Å². The lowest BCUT2D eigenvalue weighted by Gasteiger charge is -2.12. The van der Waals surface area contributed by atoms with E-state index >= 15 is 0 Å². The Balaban J connectivity index is 0.945. The van der Waals surface area contributed by atoms with Gasteiger partial charge in [-0.1, -0.05) is 182 Å². The third-order valence-electron chi connectivity index (χ3n) is 11.0. The Morgan fingerprint density at radius 2 is 0.607 bits per heavy atom. The van der Waals surface area contributed by atoms with Crippen LogP contribution in [0.4, 0.5) is 0 Å². The molecular formula is C55H35N5S. The first-order valence-corrected chi connectivity index (χ1v) is 21.1. The minimum absolute atomic E-state index is 0.631. The number of nitrogens with zero attached hydrogens (tertiary/aromatic N) is 5. The van der Waals surface area contributed by atoms with E-state index in [0.717, 1.165) is 82.9 Å². The van der Waals surface area contributed by atoms with Gasteiger partial charge >= 0.3 is 0 Å². The summed E-state index contributed by atoms with van der Waals surface area (Å²) < 4.78 is 1.20. The van der Waals surface area contributed by atoms with Crippen molar-refractivity contribution in [3.63, 3.8) is 0 Å². The van der Waals surface area contributed by atoms with Crippen molar-refractivity contribution in [3.05, 3.63) is 212 Å². The number of fused-ring (bicyclic) bond motifs is 3. The van der Waals surface area contributed by atoms with Crippen molar-refractivity contribution >= 4 is 31.6 Å². The highest BCUT2D eigenvalue weighted by molar-refractivity contribution is 7.25. The summed E-state index contributed by atoms with van der Waals surface area (Å²) in [7, 11) is 0. The van der Waals surface area contributed by atoms with Gasteiger partial charge in [-0.3, -0.25) is 0 Å². The van der Waals surface area contributed by atoms with E-state index in [-0.39, 0.29) is 0 Å². The molecule has 0 atom stereocenters. The van der Waals surface area contributed by atoms with Crippen LogP contribution in [0.5, 0.6) is 0 Å². The molecule has 6 heteroatoms. The minimum atomic E-state index is 0.631. The highest BCUT2D eigenvalue weighted by atomic mass is 32.1. The van der Waals surface area contributed by atoms with E-state index in [0.29, 0.717) is 17.5 Å². The highest BCUT2D eigenvalue weighted by Gasteiger charge is 2.18. The van der Waals surface area contributed by atoms with Crippen LogP contribution in [-0.2, 0) is 0 Å². The fourth-order valence-corrected chi connectivity index (χ4v) is 9.00. The molecule has 0 saturated carbocycles. The Kier molecular flexibility index (Phi) is 9.30. The molecule has 0 unspecified atom stereocenters. The summed E-state index contributed by atoms with van der Waals surface area (Å²) in [4.78, 5) is 26.1. The largest absolute Gasteiger partial charge is 0.227 e. The molecule has 0 radical (unpaired) electrons. The van der Waals surface area contributed by atoms with Gasteiger partial charge in [-0.15, -0.1) is 11.3 Å². The summed E-state index contributed by atoms with van der Waals surface area (Å²) in [5, 5.41) is 2.27. The van der Waals surface area contributed by atoms with Crippen LogP contribution in [0.2, 0.25) is 0 Å². The quantitative estimate of drug-likeness (QED) is 0.153. The van der Waals surface area contributed by atoms with Crippen LogP contribution in [0, 0.1) is 0 Å². The second-order valence-corrected chi connectivity index (χ2v) is 15.9. The van der Waals surface area contributed by atoms with Gasteiger partial charge in [-0.05, 0) is 63.7 Å². The van der Waals surface area contributed by atoms with Gasteiger partial charge in [0.25, 0.3) is 0 Å². The monoisotopic (exact) mass is 797 g/mol. The van der Waals surface area contributed by atoms with Crippen molar-refractivity contribution in [2.24, 2.45) is 0 Å². The molecule has 11 rings (SSSR count). The predicted molar refractivity (Wildman–Crippen MR) is 252 cm³/mol. The van der Waals surface area contributed by atoms with Crippen molar-refractivity contribution in [2.75, 3.05) is 0 Å². The molecule has 286 valence electrons. The van der Waals surface area contributed by atoms with Crippen molar-refractivity contribution in [2.45, 2.75) is 0 Å². The smallest absolute Gasteiger partial charge is 0.164 e. The third-order valence-corrected chi connectivity index (χ3v) is 12.0. The van der Waals surface area contributed by atoms with Gasteiger partial charge in [-0.2, -0.15) is 0 Å². The molecule has 0 saturated heterocycles. The van der Waals surface area contributed by atoms with E-state index < -0.39 is 0 Å². The molecule has 0 aliphatic rings. The Hall–Kier alpha value is -7.93. The number of benzene rings is 8. The highest BCUT2D eigenvalue weighted by Crippen LogP contribution is 2.41. The number of aromatic nitrogens is 5. The summed E-state index contributed by atoms with van der Waals surface area (Å²) >= 11 is 1.72. The predicted octanol–water partition coefficient (Wildman–Crippen LogP) is 14.4. The summed E-state index contributed by atoms with van der Waals surface area (Å²) in [5.74, 6) is 2.65. The molecule has 0 bridgehead atoms. The van der Waals surface area contributed by atoms with E-state index in [1.807, 2.05) is 78.9 Å². The number of rotatable bonds is 8. The van der Waals surface area contributed by atoms with Crippen LogP contribution in [0.3, 0.4) is 0 Å². The van der Waals surface area contributed by atoms with Gasteiger partial charge in [0.1, 0.15) is 4.83 Å². The molecule has 3 aromatic heterocycles. The lowest BCUT2D eigenvalue weighted by atomic mass is 9.94. The minimum Gasteiger partial charge on any atom is -0.227 e. The van der Waals surface area contributed by atoms with Gasteiger partial charge in [0.15, 0.2) is 23.3 Å². The van der Waals surface area contributed by atoms with Gasteiger partial charge in [-0.25, -0.2) is 24.9 Å². The average Bonchev–Trinajstić information content (AvgIpc) is 3.73. The third kappa shape index (κ3) is 7.16. The zero-order valence-electron chi connectivity index (χ0n) is 32.9. The Morgan fingerprint density at radius 3 is 1.10 bits per heavy atom. The maximum absolute atomic E-state index is 5.25. The van der Waals surface area contributed by atoms with Gasteiger partial charge < -0.3 is 0 Å². The van der Waals surface area contributed by atoms with E-state index in [1.165, 1.54) is 10.1 Å². The first-order valence-electron chi connectivity index (χ1n) is 20.2. The Morgan fingerprint density at radius 1 is 0.262 bits per heavy atom. The summed E-state index contributed by atoms with van der Waals surface area (Å²) in [5.41, 5.74) is 12.5. The second kappa shape index (κ2) is 15.7. The second-order valence-electron chi connectivity index (χ2n) is 14.9. The normalized spacial score (nSPS) is 11.3. The molecule has 0 N–H and O–H groups in total. The Bertz CT molecular complexity index is 3310. The average molecular weight is 798 g/mol. The van der Waals surface area contributed by atoms with Crippen LogP contribution in [0.25, 0.3) is 110 Å². The molecule has 0 spiro atoms. The number of hydrogen-bond acceptors (Lipinski definition) is 6. The number of hydrogen-bond donors (Lipinski definition) is 0. The van der Waals surface area contributed by atoms with E-state index in [1.54, 1.807) is 11.3 Å². The summed E-state index contributed by atoms with van der Waals surface area (Å²) in [6.45, 7) is 0. The standard InChI is InChI=1S/C55H35N5S/c1-4-16-36(17-5-1)51-56-50(49-47-30-10-11-31-48(47)61-55(49)60-51)45-28-14-26-43(34-45)41-24-12-22-39(32-41)40-23-13-25-42(33-40)44-27-15-29-46(35-44)54-58-52(37-18-6-2-7-19-37)57-53(59-54)38-20-8-3-9-21-38/h1-35H. The zero-order chi connectivity index (χ0) is 40.5.